The molecule has 6 nitrogen and oxygen atoms in total. The highest BCUT2D eigenvalue weighted by Gasteiger charge is 2.20. The fraction of sp³-hybridized carbons (Fsp3) is 0.294. The number of carbonyl (C=O) groups excluding carboxylic acids is 1. The molecular weight excluding hydrogens is 292 g/mol. The third-order valence-corrected chi connectivity index (χ3v) is 3.60. The summed E-state index contributed by atoms with van der Waals surface area (Å²) in [5.41, 5.74) is 3.16. The van der Waals surface area contributed by atoms with Crippen LogP contribution in [0, 0.1) is 13.8 Å². The Labute approximate surface area is 133 Å². The molecule has 0 saturated heterocycles. The molecule has 1 amide bonds. The molecule has 1 N–H and O–H groups in total. The second kappa shape index (κ2) is 5.79. The van der Waals surface area contributed by atoms with Gasteiger partial charge in [0.15, 0.2) is 0 Å². The molecule has 0 saturated carbocycles. The fourth-order valence-corrected chi connectivity index (χ4v) is 2.38. The molecule has 3 heterocycles. The zero-order chi connectivity index (χ0) is 16.6. The predicted molar refractivity (Wildman–Crippen MR) is 87.6 cm³/mol. The fourth-order valence-electron chi connectivity index (χ4n) is 2.38. The number of fused-ring (bicyclic) bond motifs is 1. The molecule has 0 fully saturated rings. The van der Waals surface area contributed by atoms with Crippen molar-refractivity contribution in [1.29, 1.82) is 0 Å². The summed E-state index contributed by atoms with van der Waals surface area (Å²) >= 11 is 0. The number of amides is 1. The van der Waals surface area contributed by atoms with E-state index in [-0.39, 0.29) is 11.8 Å². The number of rotatable bonds is 3. The monoisotopic (exact) mass is 310 g/mol. The van der Waals surface area contributed by atoms with Crippen LogP contribution in [-0.2, 0) is 0 Å². The van der Waals surface area contributed by atoms with Crippen molar-refractivity contribution in [1.82, 2.24) is 15.1 Å². The van der Waals surface area contributed by atoms with Crippen LogP contribution in [0.2, 0.25) is 0 Å². The number of nitrogens with one attached hydrogen (secondary N) is 1. The van der Waals surface area contributed by atoms with E-state index in [1.54, 1.807) is 19.1 Å². The topological polar surface area (TPSA) is 80.9 Å². The Morgan fingerprint density at radius 3 is 2.70 bits per heavy atom. The van der Waals surface area contributed by atoms with Crippen molar-refractivity contribution in [2.24, 2.45) is 0 Å². The Kier molecular flexibility index (Phi) is 3.82. The number of aromatic nitrogens is 3. The van der Waals surface area contributed by atoms with Gasteiger partial charge in [0, 0.05) is 11.4 Å². The van der Waals surface area contributed by atoms with E-state index in [1.807, 2.05) is 32.9 Å². The zero-order valence-corrected chi connectivity index (χ0v) is 13.5. The second-order valence-corrected chi connectivity index (χ2v) is 5.82. The first-order valence-corrected chi connectivity index (χ1v) is 7.47. The van der Waals surface area contributed by atoms with Crippen molar-refractivity contribution in [2.45, 2.75) is 33.6 Å². The van der Waals surface area contributed by atoms with E-state index in [9.17, 15) is 4.79 Å². The van der Waals surface area contributed by atoms with Crippen LogP contribution >= 0.6 is 0 Å². The summed E-state index contributed by atoms with van der Waals surface area (Å²) in [6, 6.07) is 7.28. The molecule has 6 heteroatoms. The van der Waals surface area contributed by atoms with Crippen molar-refractivity contribution in [3.05, 3.63) is 46.9 Å². The average Bonchev–Trinajstić information content (AvgIpc) is 2.88. The third kappa shape index (κ3) is 2.92. The summed E-state index contributed by atoms with van der Waals surface area (Å²) in [5, 5.41) is 7.39. The van der Waals surface area contributed by atoms with E-state index < -0.39 is 0 Å². The molecule has 0 aromatic carbocycles. The maximum Gasteiger partial charge on any atom is 0.259 e. The number of nitrogens with zero attached hydrogens (tertiary/aromatic N) is 3. The third-order valence-electron chi connectivity index (χ3n) is 3.60. The minimum atomic E-state index is -0.247. The number of aryl methyl sites for hydroxylation is 2. The van der Waals surface area contributed by atoms with Crippen LogP contribution in [0.25, 0.3) is 11.1 Å². The quantitative estimate of drug-likeness (QED) is 0.799. The maximum absolute atomic E-state index is 12.7. The lowest BCUT2D eigenvalue weighted by atomic mass is 10.0. The van der Waals surface area contributed by atoms with Gasteiger partial charge in [0.05, 0.1) is 16.6 Å². The number of carbonyl (C=O) groups is 1. The van der Waals surface area contributed by atoms with Crippen LogP contribution in [0.3, 0.4) is 0 Å². The van der Waals surface area contributed by atoms with Gasteiger partial charge in [-0.3, -0.25) is 4.79 Å². The van der Waals surface area contributed by atoms with Crippen molar-refractivity contribution in [3.8, 4) is 0 Å². The second-order valence-electron chi connectivity index (χ2n) is 5.82. The Bertz CT molecular complexity index is 883. The van der Waals surface area contributed by atoms with Gasteiger partial charge in [-0.1, -0.05) is 25.1 Å². The van der Waals surface area contributed by atoms with Crippen LogP contribution in [0.5, 0.6) is 0 Å². The number of pyridine rings is 2. The molecule has 0 radical (unpaired) electrons. The van der Waals surface area contributed by atoms with Gasteiger partial charge in [-0.25, -0.2) is 9.97 Å². The summed E-state index contributed by atoms with van der Waals surface area (Å²) in [6.45, 7) is 7.70. The van der Waals surface area contributed by atoms with Crippen molar-refractivity contribution >= 4 is 22.8 Å². The van der Waals surface area contributed by atoms with E-state index in [2.05, 4.69) is 20.4 Å². The highest BCUT2D eigenvalue weighted by molar-refractivity contribution is 6.12. The van der Waals surface area contributed by atoms with E-state index in [1.165, 1.54) is 0 Å². The Morgan fingerprint density at radius 1 is 1.22 bits per heavy atom. The predicted octanol–water partition coefficient (Wildman–Crippen LogP) is 3.61. The van der Waals surface area contributed by atoms with Crippen LogP contribution in [0.15, 0.2) is 28.8 Å². The van der Waals surface area contributed by atoms with Crippen molar-refractivity contribution in [3.63, 3.8) is 0 Å². The SMILES string of the molecule is Cc1cccc(NC(=O)c2cc(C(C)C)nc3onc(C)c23)n1. The molecule has 0 aliphatic rings. The first-order chi connectivity index (χ1) is 11.0. The average molecular weight is 310 g/mol. The van der Waals surface area contributed by atoms with Crippen LogP contribution in [0.1, 0.15) is 47.2 Å². The molecule has 0 spiro atoms. The first-order valence-electron chi connectivity index (χ1n) is 7.47. The molecule has 0 atom stereocenters. The summed E-state index contributed by atoms with van der Waals surface area (Å²) in [4.78, 5) is 21.5. The normalized spacial score (nSPS) is 11.2. The standard InChI is InChI=1S/C17H18N4O2/c1-9(2)13-8-12(15-11(4)21-23-17(15)19-13)16(22)20-14-7-5-6-10(3)18-14/h5-9H,1-4H3,(H,18,20,22). The van der Waals surface area contributed by atoms with Gasteiger partial charge < -0.3 is 9.84 Å². The van der Waals surface area contributed by atoms with Gasteiger partial charge >= 0.3 is 0 Å². The lowest BCUT2D eigenvalue weighted by Gasteiger charge is -2.09. The molecular formula is C17H18N4O2. The Hall–Kier alpha value is -2.76. The number of hydrogen-bond donors (Lipinski definition) is 1. The highest BCUT2D eigenvalue weighted by atomic mass is 16.5. The number of anilines is 1. The molecule has 0 aliphatic heterocycles. The lowest BCUT2D eigenvalue weighted by molar-refractivity contribution is 0.102. The minimum Gasteiger partial charge on any atom is -0.336 e. The largest absolute Gasteiger partial charge is 0.336 e. The summed E-state index contributed by atoms with van der Waals surface area (Å²) < 4.78 is 5.24. The minimum absolute atomic E-state index is 0.174. The van der Waals surface area contributed by atoms with Crippen molar-refractivity contribution < 1.29 is 9.32 Å². The van der Waals surface area contributed by atoms with E-state index in [0.29, 0.717) is 28.2 Å². The Balaban J connectivity index is 2.06. The Morgan fingerprint density at radius 2 is 2.00 bits per heavy atom. The molecule has 3 aromatic rings. The molecule has 0 bridgehead atoms. The zero-order valence-electron chi connectivity index (χ0n) is 13.5. The van der Waals surface area contributed by atoms with Crippen molar-refractivity contribution in [2.75, 3.05) is 5.32 Å². The van der Waals surface area contributed by atoms with Crippen LogP contribution < -0.4 is 5.32 Å². The van der Waals surface area contributed by atoms with Gasteiger partial charge in [-0.2, -0.15) is 0 Å². The summed E-state index contributed by atoms with van der Waals surface area (Å²) in [5.74, 6) is 0.442. The van der Waals surface area contributed by atoms with Gasteiger partial charge in [0.25, 0.3) is 11.6 Å². The van der Waals surface area contributed by atoms with Crippen LogP contribution in [-0.4, -0.2) is 21.0 Å². The van der Waals surface area contributed by atoms with E-state index in [4.69, 9.17) is 4.52 Å². The molecule has 0 aliphatic carbocycles. The van der Waals surface area contributed by atoms with Gasteiger partial charge in [0.2, 0.25) is 0 Å². The molecule has 3 aromatic heterocycles. The molecule has 0 unspecified atom stereocenters. The summed E-state index contributed by atoms with van der Waals surface area (Å²) in [6.07, 6.45) is 0. The van der Waals surface area contributed by atoms with Crippen LogP contribution in [0.4, 0.5) is 5.82 Å². The maximum atomic E-state index is 12.7. The molecule has 118 valence electrons. The van der Waals surface area contributed by atoms with E-state index in [0.717, 1.165) is 11.4 Å². The lowest BCUT2D eigenvalue weighted by Crippen LogP contribution is -2.15. The molecule has 3 rings (SSSR count). The molecule has 23 heavy (non-hydrogen) atoms. The first kappa shape index (κ1) is 15.1. The van der Waals surface area contributed by atoms with Gasteiger partial charge in [-0.15, -0.1) is 0 Å². The van der Waals surface area contributed by atoms with Gasteiger partial charge in [0.1, 0.15) is 5.82 Å². The smallest absolute Gasteiger partial charge is 0.259 e. The van der Waals surface area contributed by atoms with Gasteiger partial charge in [-0.05, 0) is 38.0 Å². The highest BCUT2D eigenvalue weighted by Crippen LogP contribution is 2.25. The summed E-state index contributed by atoms with van der Waals surface area (Å²) in [7, 11) is 0. The van der Waals surface area contributed by atoms with E-state index >= 15 is 0 Å². The number of hydrogen-bond acceptors (Lipinski definition) is 5.